The molecule has 4 amide bonds. The van der Waals surface area contributed by atoms with E-state index in [1.54, 1.807) is 109 Å². The Morgan fingerprint density at radius 2 is 1.00 bits per heavy atom. The molecule has 6 aromatic carbocycles. The number of nitrogens with zero attached hydrogens (tertiary/aromatic N) is 3. The fourth-order valence-corrected chi connectivity index (χ4v) is 7.36. The van der Waals surface area contributed by atoms with Gasteiger partial charge in [-0.2, -0.15) is 0 Å². The molecule has 12 heteroatoms. The number of hydrogen-bond acceptors (Lipinski definition) is 8. The van der Waals surface area contributed by atoms with Crippen LogP contribution in [0.15, 0.2) is 180 Å². The Morgan fingerprint density at radius 3 is 1.48 bits per heavy atom. The van der Waals surface area contributed by atoms with Gasteiger partial charge < -0.3 is 26.2 Å². The van der Waals surface area contributed by atoms with E-state index >= 15 is 4.79 Å². The molecule has 60 heavy (non-hydrogen) atoms. The van der Waals surface area contributed by atoms with Crippen LogP contribution in [0.1, 0.15) is 39.5 Å². The molecule has 2 aliphatic rings. The molecule has 0 aliphatic carbocycles. The van der Waals surface area contributed by atoms with Crippen LogP contribution in [0.25, 0.3) is 0 Å². The number of para-hydroxylation sites is 2. The zero-order chi connectivity index (χ0) is 41.6. The Balaban J connectivity index is 1.32. The van der Waals surface area contributed by atoms with E-state index in [0.29, 0.717) is 50.6 Å². The van der Waals surface area contributed by atoms with Crippen LogP contribution in [0.2, 0.25) is 0 Å². The van der Waals surface area contributed by atoms with Crippen molar-refractivity contribution in [3.63, 3.8) is 0 Å². The minimum absolute atomic E-state index is 0.0965. The van der Waals surface area contributed by atoms with E-state index in [2.05, 4.69) is 16.0 Å². The van der Waals surface area contributed by atoms with Crippen molar-refractivity contribution in [3.05, 3.63) is 203 Å². The van der Waals surface area contributed by atoms with Crippen molar-refractivity contribution in [1.29, 1.82) is 0 Å². The number of carbonyl (C=O) groups excluding carboxylic acids is 4. The van der Waals surface area contributed by atoms with Gasteiger partial charge in [0.2, 0.25) is 18.2 Å². The molecule has 0 fully saturated rings. The summed E-state index contributed by atoms with van der Waals surface area (Å²) >= 11 is 0. The number of anilines is 2. The maximum absolute atomic E-state index is 15.7. The normalized spacial score (nSPS) is 17.4. The minimum atomic E-state index is -1.87. The van der Waals surface area contributed by atoms with Crippen molar-refractivity contribution in [2.45, 2.75) is 37.0 Å². The van der Waals surface area contributed by atoms with Crippen molar-refractivity contribution in [3.8, 4) is 0 Å². The molecule has 2 heterocycles. The zero-order valence-electron chi connectivity index (χ0n) is 32.1. The molecule has 8 rings (SSSR count). The lowest BCUT2D eigenvalue weighted by Crippen LogP contribution is -2.61. The van der Waals surface area contributed by atoms with Crippen LogP contribution in [-0.4, -0.2) is 74.6 Å². The molecule has 0 spiro atoms. The number of carbonyl (C=O) groups is 4. The first kappa shape index (κ1) is 39.3. The summed E-state index contributed by atoms with van der Waals surface area (Å²) in [5.74, 6) is -3.60. The molecule has 5 atom stereocenters. The Hall–Kier alpha value is -7.54. The standard InChI is InChI=1S/C48H40N6O6/c55-38(29-30-17-5-1-6-18-30)45(57)53-41(42(56)33-23-11-4-12-24-33)48(60)54(43-46(58)49-36-27-15-13-25-34(36)39(51-43)31-19-7-2-8-20-31)44-47(59)50-37-28-16-14-26-35(37)40(52-44)32-21-9-3-10-22-32/h1-28,38,41-44,55-56H,29H2,(H,49,58)(H,50,59)(H,53,57). The maximum atomic E-state index is 15.7. The first-order chi connectivity index (χ1) is 29.3. The summed E-state index contributed by atoms with van der Waals surface area (Å²) in [6.45, 7) is 0. The Kier molecular flexibility index (Phi) is 11.5. The van der Waals surface area contributed by atoms with Gasteiger partial charge in [0.05, 0.1) is 22.8 Å². The SMILES string of the molecule is O=C(NC(C(=O)N(C1N=C(c2ccccc2)c2ccccc2NC1=O)C1N=C(c2ccccc2)c2ccccc2NC1=O)C(O)c1ccccc1)C(O)Cc1ccccc1. The van der Waals surface area contributed by atoms with Crippen molar-refractivity contribution >= 4 is 46.4 Å². The van der Waals surface area contributed by atoms with Crippen molar-refractivity contribution in [2.24, 2.45) is 9.98 Å². The van der Waals surface area contributed by atoms with Crippen molar-refractivity contribution < 1.29 is 29.4 Å². The summed E-state index contributed by atoms with van der Waals surface area (Å²) in [7, 11) is 0. The summed E-state index contributed by atoms with van der Waals surface area (Å²) in [5, 5.41) is 31.7. The van der Waals surface area contributed by atoms with E-state index in [-0.39, 0.29) is 12.0 Å². The highest BCUT2D eigenvalue weighted by molar-refractivity contribution is 6.21. The van der Waals surface area contributed by atoms with Crippen LogP contribution in [0, 0.1) is 0 Å². The molecule has 0 saturated carbocycles. The van der Waals surface area contributed by atoms with E-state index in [1.807, 2.05) is 60.7 Å². The highest BCUT2D eigenvalue weighted by atomic mass is 16.3. The molecule has 0 bridgehead atoms. The summed E-state index contributed by atoms with van der Waals surface area (Å²) in [6.07, 6.45) is -7.07. The van der Waals surface area contributed by atoms with Crippen LogP contribution in [-0.2, 0) is 25.6 Å². The second-order valence-electron chi connectivity index (χ2n) is 14.3. The van der Waals surface area contributed by atoms with E-state index < -0.39 is 54.2 Å². The fraction of sp³-hybridized carbons (Fsp3) is 0.125. The number of benzene rings is 6. The van der Waals surface area contributed by atoms with Gasteiger partial charge in [0.25, 0.3) is 17.7 Å². The number of nitrogens with one attached hydrogen (secondary N) is 3. The molecular weight excluding hydrogens is 757 g/mol. The number of benzodiazepines with no additional fused rings is 2. The van der Waals surface area contributed by atoms with Gasteiger partial charge in [-0.1, -0.05) is 158 Å². The quantitative estimate of drug-likeness (QED) is 0.120. The van der Waals surface area contributed by atoms with Crippen LogP contribution < -0.4 is 16.0 Å². The van der Waals surface area contributed by atoms with Crippen molar-refractivity contribution in [1.82, 2.24) is 10.2 Å². The van der Waals surface area contributed by atoms with E-state index in [0.717, 1.165) is 4.90 Å². The number of fused-ring (bicyclic) bond motifs is 2. The maximum Gasteiger partial charge on any atom is 0.269 e. The first-order valence-corrected chi connectivity index (χ1v) is 19.4. The minimum Gasteiger partial charge on any atom is -0.386 e. The number of hydrogen-bond donors (Lipinski definition) is 5. The van der Waals surface area contributed by atoms with Crippen LogP contribution >= 0.6 is 0 Å². The molecule has 5 unspecified atom stereocenters. The van der Waals surface area contributed by atoms with E-state index in [4.69, 9.17) is 9.98 Å². The second kappa shape index (κ2) is 17.5. The van der Waals surface area contributed by atoms with Gasteiger partial charge >= 0.3 is 0 Å². The molecule has 298 valence electrons. The molecule has 5 N–H and O–H groups in total. The average molecular weight is 797 g/mol. The molecule has 0 saturated heterocycles. The summed E-state index contributed by atoms with van der Waals surface area (Å²) in [6, 6.07) is 47.4. The number of aliphatic hydroxyl groups excluding tert-OH is 2. The third-order valence-electron chi connectivity index (χ3n) is 10.3. The van der Waals surface area contributed by atoms with Gasteiger partial charge in [-0.05, 0) is 23.3 Å². The third kappa shape index (κ3) is 8.23. The van der Waals surface area contributed by atoms with Crippen molar-refractivity contribution in [2.75, 3.05) is 10.6 Å². The highest BCUT2D eigenvalue weighted by Crippen LogP contribution is 2.31. The lowest BCUT2D eigenvalue weighted by atomic mass is 9.99. The Labute approximate surface area is 346 Å². The van der Waals surface area contributed by atoms with E-state index in [9.17, 15) is 24.6 Å². The Morgan fingerprint density at radius 1 is 0.583 bits per heavy atom. The fourth-order valence-electron chi connectivity index (χ4n) is 7.36. The monoisotopic (exact) mass is 796 g/mol. The predicted molar refractivity (Wildman–Crippen MR) is 228 cm³/mol. The largest absolute Gasteiger partial charge is 0.386 e. The molecular formula is C48H40N6O6. The van der Waals surface area contributed by atoms with E-state index in [1.165, 1.54) is 0 Å². The topological polar surface area (TPSA) is 173 Å². The Bertz CT molecular complexity index is 2470. The van der Waals surface area contributed by atoms with Gasteiger partial charge in [0.1, 0.15) is 18.2 Å². The first-order valence-electron chi connectivity index (χ1n) is 19.4. The summed E-state index contributed by atoms with van der Waals surface area (Å²) in [4.78, 5) is 69.9. The lowest BCUT2D eigenvalue weighted by molar-refractivity contribution is -0.150. The number of rotatable bonds is 11. The van der Waals surface area contributed by atoms with Crippen LogP contribution in [0.3, 0.4) is 0 Å². The third-order valence-corrected chi connectivity index (χ3v) is 10.3. The predicted octanol–water partition coefficient (Wildman–Crippen LogP) is 5.27. The lowest BCUT2D eigenvalue weighted by Gasteiger charge is -2.36. The zero-order valence-corrected chi connectivity index (χ0v) is 32.1. The van der Waals surface area contributed by atoms with Gasteiger partial charge in [0, 0.05) is 28.7 Å². The number of amides is 4. The molecule has 2 aliphatic heterocycles. The number of aliphatic hydroxyl groups is 2. The van der Waals surface area contributed by atoms with Gasteiger partial charge in [0.15, 0.2) is 0 Å². The average Bonchev–Trinajstić information content (AvgIpc) is 3.53. The summed E-state index contributed by atoms with van der Waals surface area (Å²) in [5.41, 5.74) is 4.71. The smallest absolute Gasteiger partial charge is 0.269 e. The summed E-state index contributed by atoms with van der Waals surface area (Å²) < 4.78 is 0. The van der Waals surface area contributed by atoms with Crippen LogP contribution in [0.5, 0.6) is 0 Å². The van der Waals surface area contributed by atoms with Gasteiger partial charge in [-0.3, -0.25) is 24.1 Å². The molecule has 0 radical (unpaired) electrons. The second-order valence-corrected chi connectivity index (χ2v) is 14.3. The molecule has 12 nitrogen and oxygen atoms in total. The molecule has 0 aromatic heterocycles. The van der Waals surface area contributed by atoms with Gasteiger partial charge in [-0.25, -0.2) is 9.98 Å². The highest BCUT2D eigenvalue weighted by Gasteiger charge is 2.46. The molecule has 6 aromatic rings. The van der Waals surface area contributed by atoms with Crippen LogP contribution in [0.4, 0.5) is 11.4 Å². The number of aliphatic imine (C=N–C) groups is 2. The van der Waals surface area contributed by atoms with Gasteiger partial charge in [-0.15, -0.1) is 0 Å².